The molecule has 1 heterocycles. The summed E-state index contributed by atoms with van der Waals surface area (Å²) in [5.74, 6) is 1.71. The van der Waals surface area contributed by atoms with Crippen molar-refractivity contribution in [3.8, 4) is 17.2 Å². The first-order chi connectivity index (χ1) is 15.5. The van der Waals surface area contributed by atoms with E-state index < -0.39 is 11.7 Å². The van der Waals surface area contributed by atoms with Gasteiger partial charge in [-0.1, -0.05) is 6.07 Å². The summed E-state index contributed by atoms with van der Waals surface area (Å²) in [6.45, 7) is 6.50. The predicted molar refractivity (Wildman–Crippen MR) is 128 cm³/mol. The van der Waals surface area contributed by atoms with Crippen LogP contribution in [0.5, 0.6) is 17.2 Å². The number of unbranched alkanes of at least 4 members (excludes halogenated alkanes) is 1. The molecule has 3 aromatic rings. The highest BCUT2D eigenvalue weighted by atomic mass is 16.6. The first kappa shape index (κ1) is 24.0. The number of rotatable bonds is 8. The van der Waals surface area contributed by atoms with Gasteiger partial charge in [0.25, 0.3) is 0 Å². The second kappa shape index (κ2) is 9.89. The summed E-state index contributed by atoms with van der Waals surface area (Å²) in [5.41, 5.74) is 7.44. The minimum absolute atomic E-state index is 0.127. The number of hydrogen-bond donors (Lipinski definition) is 2. The highest BCUT2D eigenvalue weighted by Gasteiger charge is 2.15. The molecule has 0 bridgehead atoms. The molecule has 0 aliphatic rings. The highest BCUT2D eigenvalue weighted by molar-refractivity contribution is 5.83. The van der Waals surface area contributed by atoms with Gasteiger partial charge >= 0.3 is 11.8 Å². The number of ether oxygens (including phenoxy) is 3. The molecular weight excluding hydrogens is 424 g/mol. The smallest absolute Gasteiger partial charge is 0.407 e. The van der Waals surface area contributed by atoms with Crippen molar-refractivity contribution in [3.05, 3.63) is 46.9 Å². The lowest BCUT2D eigenvalue weighted by Crippen LogP contribution is -2.33. The first-order valence-electron chi connectivity index (χ1n) is 10.9. The van der Waals surface area contributed by atoms with E-state index >= 15 is 0 Å². The number of imidazole rings is 1. The second-order valence-corrected chi connectivity index (χ2v) is 8.84. The van der Waals surface area contributed by atoms with Gasteiger partial charge in [-0.2, -0.15) is 0 Å². The van der Waals surface area contributed by atoms with Crippen molar-refractivity contribution in [1.82, 2.24) is 14.5 Å². The lowest BCUT2D eigenvalue weighted by Gasteiger charge is -2.19. The Morgan fingerprint density at radius 2 is 1.70 bits per heavy atom. The maximum atomic E-state index is 12.2. The van der Waals surface area contributed by atoms with Gasteiger partial charge in [-0.3, -0.25) is 9.13 Å². The van der Waals surface area contributed by atoms with Crippen LogP contribution < -0.4 is 26.2 Å². The number of nitrogens with zero attached hydrogens (tertiary/aromatic N) is 2. The average molecular weight is 457 g/mol. The molecule has 0 atom stereocenters. The molecule has 1 amide bonds. The second-order valence-electron chi connectivity index (χ2n) is 8.84. The number of carbonyl (C=O) groups excluding carboxylic acids is 1. The van der Waals surface area contributed by atoms with Crippen LogP contribution in [0.1, 0.15) is 33.6 Å². The van der Waals surface area contributed by atoms with Gasteiger partial charge in [-0.05, 0) is 51.8 Å². The largest absolute Gasteiger partial charge is 0.493 e. The maximum Gasteiger partial charge on any atom is 0.407 e. The Labute approximate surface area is 193 Å². The van der Waals surface area contributed by atoms with E-state index in [1.165, 1.54) is 0 Å². The van der Waals surface area contributed by atoms with E-state index in [1.54, 1.807) is 41.4 Å². The van der Waals surface area contributed by atoms with Crippen molar-refractivity contribution in [1.29, 1.82) is 0 Å². The van der Waals surface area contributed by atoms with Gasteiger partial charge in [0, 0.05) is 32.8 Å². The fourth-order valence-corrected chi connectivity index (χ4v) is 3.31. The Bertz CT molecular complexity index is 1190. The molecule has 0 aliphatic heterocycles. The number of nitrogens with one attached hydrogen (secondary N) is 1. The number of fused-ring (bicyclic) bond motifs is 1. The molecule has 0 fully saturated rings. The van der Waals surface area contributed by atoms with Gasteiger partial charge in [0.2, 0.25) is 0 Å². The first-order valence-corrected chi connectivity index (χ1v) is 10.9. The van der Waals surface area contributed by atoms with Crippen LogP contribution in [0.25, 0.3) is 11.0 Å². The van der Waals surface area contributed by atoms with E-state index in [1.807, 2.05) is 39.0 Å². The number of nitrogens with two attached hydrogens (primary N) is 1. The summed E-state index contributed by atoms with van der Waals surface area (Å²) >= 11 is 0. The van der Waals surface area contributed by atoms with Crippen LogP contribution in [0.4, 0.5) is 10.5 Å². The molecule has 0 saturated carbocycles. The highest BCUT2D eigenvalue weighted by Crippen LogP contribution is 2.32. The number of hydrogen-bond acceptors (Lipinski definition) is 6. The molecule has 9 heteroatoms. The van der Waals surface area contributed by atoms with Crippen LogP contribution >= 0.6 is 0 Å². The fraction of sp³-hybridized carbons (Fsp3) is 0.417. The van der Waals surface area contributed by atoms with Crippen molar-refractivity contribution in [2.24, 2.45) is 14.1 Å². The van der Waals surface area contributed by atoms with E-state index in [0.717, 1.165) is 23.9 Å². The zero-order valence-electron chi connectivity index (χ0n) is 19.8. The maximum absolute atomic E-state index is 12.2. The van der Waals surface area contributed by atoms with Crippen LogP contribution in [-0.2, 0) is 18.8 Å². The van der Waals surface area contributed by atoms with Gasteiger partial charge in [0.15, 0.2) is 5.75 Å². The van der Waals surface area contributed by atoms with Crippen LogP contribution in [0.3, 0.4) is 0 Å². The van der Waals surface area contributed by atoms with Crippen LogP contribution in [-0.4, -0.2) is 34.0 Å². The monoisotopic (exact) mass is 456 g/mol. The van der Waals surface area contributed by atoms with Crippen molar-refractivity contribution in [3.63, 3.8) is 0 Å². The number of aromatic nitrogens is 2. The zero-order chi connectivity index (χ0) is 24.2. The van der Waals surface area contributed by atoms with Gasteiger partial charge in [0.05, 0.1) is 23.3 Å². The summed E-state index contributed by atoms with van der Waals surface area (Å²) in [6, 6.07) is 10.8. The molecule has 2 aromatic carbocycles. The molecule has 0 unspecified atom stereocenters. The van der Waals surface area contributed by atoms with Crippen molar-refractivity contribution in [2.75, 3.05) is 18.9 Å². The fourth-order valence-electron chi connectivity index (χ4n) is 3.31. The molecule has 0 radical (unpaired) electrons. The van der Waals surface area contributed by atoms with Crippen LogP contribution in [0, 0.1) is 0 Å². The third-order valence-electron chi connectivity index (χ3n) is 4.94. The van der Waals surface area contributed by atoms with E-state index in [-0.39, 0.29) is 5.69 Å². The minimum atomic E-state index is -0.506. The topological polar surface area (TPSA) is 110 Å². The van der Waals surface area contributed by atoms with Gasteiger partial charge in [0.1, 0.15) is 17.1 Å². The number of carbonyl (C=O) groups is 1. The normalized spacial score (nSPS) is 11.4. The number of alkyl carbamates (subject to hydrolysis) is 1. The van der Waals surface area contributed by atoms with E-state index in [4.69, 9.17) is 19.9 Å². The standard InChI is InChI=1S/C24H32N4O5/c1-24(2,3)33-22(29)26-11-6-7-12-31-16-9-8-10-17(13-16)32-21-15-20-19(14-18(21)25)27(4)23(30)28(20)5/h8-10,13-15H,6-7,11-12,25H2,1-5H3,(H,26,29). The molecule has 0 aliphatic carbocycles. The van der Waals surface area contributed by atoms with Crippen LogP contribution in [0.2, 0.25) is 0 Å². The van der Waals surface area contributed by atoms with E-state index in [9.17, 15) is 9.59 Å². The molecule has 9 nitrogen and oxygen atoms in total. The van der Waals surface area contributed by atoms with Crippen molar-refractivity contribution >= 4 is 22.8 Å². The lowest BCUT2D eigenvalue weighted by molar-refractivity contribution is 0.0526. The molecule has 1 aromatic heterocycles. The summed E-state index contributed by atoms with van der Waals surface area (Å²) < 4.78 is 20.1. The molecule has 178 valence electrons. The predicted octanol–water partition coefficient (Wildman–Crippen LogP) is 3.94. The summed E-state index contributed by atoms with van der Waals surface area (Å²) in [6.07, 6.45) is 1.12. The number of anilines is 1. The van der Waals surface area contributed by atoms with Gasteiger partial charge in [-0.25, -0.2) is 9.59 Å². The molecule has 0 spiro atoms. The summed E-state index contributed by atoms with van der Waals surface area (Å²) in [5, 5.41) is 2.73. The zero-order valence-corrected chi connectivity index (χ0v) is 19.8. The summed E-state index contributed by atoms with van der Waals surface area (Å²) in [4.78, 5) is 23.8. The molecular formula is C24H32N4O5. The van der Waals surface area contributed by atoms with E-state index in [2.05, 4.69) is 5.32 Å². The Morgan fingerprint density at radius 1 is 1.03 bits per heavy atom. The van der Waals surface area contributed by atoms with Crippen molar-refractivity contribution in [2.45, 2.75) is 39.2 Å². The lowest BCUT2D eigenvalue weighted by atomic mass is 10.2. The average Bonchev–Trinajstić information content (AvgIpc) is 2.93. The SMILES string of the molecule is Cn1c(=O)n(C)c2cc(Oc3cccc(OCCCCNC(=O)OC(C)(C)C)c3)c(N)cc21. The Hall–Kier alpha value is -3.62. The number of nitrogen functional groups attached to an aromatic ring is 1. The minimum Gasteiger partial charge on any atom is -0.493 e. The van der Waals surface area contributed by atoms with E-state index in [0.29, 0.717) is 36.1 Å². The number of aryl methyl sites for hydroxylation is 2. The third kappa shape index (κ3) is 6.21. The Morgan fingerprint density at radius 3 is 2.39 bits per heavy atom. The Balaban J connectivity index is 1.53. The van der Waals surface area contributed by atoms with Gasteiger partial charge in [-0.15, -0.1) is 0 Å². The molecule has 33 heavy (non-hydrogen) atoms. The van der Waals surface area contributed by atoms with Crippen molar-refractivity contribution < 1.29 is 19.0 Å². The Kier molecular flexibility index (Phi) is 7.20. The molecule has 0 saturated heterocycles. The number of amides is 1. The van der Waals surface area contributed by atoms with Gasteiger partial charge < -0.3 is 25.3 Å². The quantitative estimate of drug-likeness (QED) is 0.393. The third-order valence-corrected chi connectivity index (χ3v) is 4.94. The van der Waals surface area contributed by atoms with Crippen LogP contribution in [0.15, 0.2) is 41.2 Å². The molecule has 3 N–H and O–H groups in total. The number of benzene rings is 2. The summed E-state index contributed by atoms with van der Waals surface area (Å²) in [7, 11) is 3.42. The molecule has 3 rings (SSSR count).